The lowest BCUT2D eigenvalue weighted by atomic mass is 9.79. The number of alkyl halides is 4. The summed E-state index contributed by atoms with van der Waals surface area (Å²) in [5.41, 5.74) is 2.83. The number of halogens is 4. The number of nitrogens with zero attached hydrogens (tertiary/aromatic N) is 3. The number of aryl methyl sites for hydroxylation is 1. The fourth-order valence-electron chi connectivity index (χ4n) is 4.52. The van der Waals surface area contributed by atoms with Gasteiger partial charge < -0.3 is 15.6 Å². The second-order valence-electron chi connectivity index (χ2n) is 11.0. The Kier molecular flexibility index (Phi) is 9.98. The number of carbonyl (C=O) groups is 2. The zero-order valence-corrected chi connectivity index (χ0v) is 23.1. The van der Waals surface area contributed by atoms with Crippen LogP contribution in [0.4, 0.5) is 17.6 Å². The SMILES string of the molecule is C1CC1.Cc1nonc1C(=O)NCc1nc2ccc(CNC(=O)CC3CC(F)(F)C3)cc2[nH]1.FC1(F)CCCCC1. The number of amides is 2. The molecule has 0 radical (unpaired) electrons. The Morgan fingerprint density at radius 3 is 2.20 bits per heavy atom. The standard InChI is InChI=1S/C19H20F2N6O3.C6H10F2.C3H6/c1-10-17(27-30-26-10)18(29)23-9-15-24-13-3-2-11(4-14(13)25-15)8-22-16(28)5-12-6-19(20,21)7-12;7-6(8)4-2-1-3-5-6;1-2-3-1/h2-4,12H,5-9H2,1H3,(H,22,28)(H,23,29)(H,24,25);1-5H2;1-3H2. The van der Waals surface area contributed by atoms with Crippen LogP contribution in [0.3, 0.4) is 0 Å². The van der Waals surface area contributed by atoms with Crippen molar-refractivity contribution in [2.45, 2.75) is 102 Å². The van der Waals surface area contributed by atoms with Gasteiger partial charge in [0.05, 0.1) is 17.6 Å². The first kappa shape index (κ1) is 30.4. The third-order valence-electron chi connectivity index (χ3n) is 6.96. The first-order valence-corrected chi connectivity index (χ1v) is 14.1. The van der Waals surface area contributed by atoms with Crippen LogP contribution in [-0.4, -0.2) is 43.9 Å². The number of imidazole rings is 1. The van der Waals surface area contributed by atoms with E-state index in [1.54, 1.807) is 13.0 Å². The molecule has 0 aliphatic heterocycles. The molecule has 0 saturated heterocycles. The number of hydrogen-bond acceptors (Lipinski definition) is 6. The molecule has 1 aromatic carbocycles. The number of carbonyl (C=O) groups excluding carboxylic acids is 2. The highest BCUT2D eigenvalue weighted by molar-refractivity contribution is 5.92. The number of rotatable bonds is 7. The van der Waals surface area contributed by atoms with Gasteiger partial charge in [0.25, 0.3) is 5.91 Å². The Hall–Kier alpha value is -3.51. The molecule has 2 aromatic heterocycles. The summed E-state index contributed by atoms with van der Waals surface area (Å²) >= 11 is 0. The number of fused-ring (bicyclic) bond motifs is 1. The van der Waals surface area contributed by atoms with Crippen LogP contribution >= 0.6 is 0 Å². The quantitative estimate of drug-likeness (QED) is 0.295. The second kappa shape index (κ2) is 13.4. The maximum Gasteiger partial charge on any atom is 0.275 e. The van der Waals surface area contributed by atoms with Crippen molar-refractivity contribution >= 4 is 22.8 Å². The summed E-state index contributed by atoms with van der Waals surface area (Å²) in [6, 6.07) is 5.47. The molecule has 41 heavy (non-hydrogen) atoms. The molecule has 3 N–H and O–H groups in total. The van der Waals surface area contributed by atoms with Crippen LogP contribution in [0.25, 0.3) is 11.0 Å². The Labute approximate surface area is 235 Å². The number of benzene rings is 1. The Morgan fingerprint density at radius 1 is 0.951 bits per heavy atom. The Balaban J connectivity index is 0.000000292. The zero-order valence-electron chi connectivity index (χ0n) is 23.1. The van der Waals surface area contributed by atoms with E-state index in [2.05, 4.69) is 35.5 Å². The molecule has 3 aromatic rings. The van der Waals surface area contributed by atoms with Crippen molar-refractivity contribution in [3.8, 4) is 0 Å². The third-order valence-corrected chi connectivity index (χ3v) is 6.96. The van der Waals surface area contributed by atoms with Crippen molar-refractivity contribution < 1.29 is 31.8 Å². The van der Waals surface area contributed by atoms with Gasteiger partial charge in [0.1, 0.15) is 11.5 Å². The highest BCUT2D eigenvalue weighted by atomic mass is 19.3. The molecule has 2 amide bonds. The van der Waals surface area contributed by atoms with E-state index in [1.165, 1.54) is 19.3 Å². The van der Waals surface area contributed by atoms with Crippen LogP contribution in [0.2, 0.25) is 0 Å². The van der Waals surface area contributed by atoms with Crippen LogP contribution < -0.4 is 10.6 Å². The van der Waals surface area contributed by atoms with Crippen LogP contribution in [0.5, 0.6) is 0 Å². The summed E-state index contributed by atoms with van der Waals surface area (Å²) < 4.78 is 54.6. The van der Waals surface area contributed by atoms with E-state index in [1.807, 2.05) is 12.1 Å². The third kappa shape index (κ3) is 9.82. The lowest BCUT2D eigenvalue weighted by Crippen LogP contribution is -2.38. The van der Waals surface area contributed by atoms with Crippen molar-refractivity contribution in [2.75, 3.05) is 0 Å². The molecular weight excluding hydrogens is 544 g/mol. The van der Waals surface area contributed by atoms with Gasteiger partial charge in [0.2, 0.25) is 17.8 Å². The van der Waals surface area contributed by atoms with Crippen LogP contribution in [0.15, 0.2) is 22.8 Å². The van der Waals surface area contributed by atoms with Crippen LogP contribution in [0, 0.1) is 12.8 Å². The summed E-state index contributed by atoms with van der Waals surface area (Å²) in [4.78, 5) is 31.5. The highest BCUT2D eigenvalue weighted by Crippen LogP contribution is 2.43. The number of nitrogens with one attached hydrogen (secondary N) is 3. The molecule has 9 nitrogen and oxygen atoms in total. The van der Waals surface area contributed by atoms with Gasteiger partial charge in [0, 0.05) is 38.6 Å². The highest BCUT2D eigenvalue weighted by Gasteiger charge is 2.45. The molecule has 2 heterocycles. The van der Waals surface area contributed by atoms with E-state index in [-0.39, 0.29) is 56.2 Å². The van der Waals surface area contributed by atoms with E-state index < -0.39 is 17.8 Å². The van der Waals surface area contributed by atoms with Gasteiger partial charge in [-0.2, -0.15) is 0 Å². The normalized spacial score (nSPS) is 18.7. The molecule has 0 atom stereocenters. The minimum absolute atomic E-state index is 0.117. The molecule has 3 aliphatic rings. The zero-order chi connectivity index (χ0) is 29.5. The van der Waals surface area contributed by atoms with Crippen LogP contribution in [0.1, 0.15) is 98.2 Å². The van der Waals surface area contributed by atoms with Gasteiger partial charge in [-0.15, -0.1) is 0 Å². The van der Waals surface area contributed by atoms with Gasteiger partial charge in [-0.05, 0) is 48.5 Å². The van der Waals surface area contributed by atoms with Crippen molar-refractivity contribution in [3.63, 3.8) is 0 Å². The number of aromatic amines is 1. The maximum atomic E-state index is 12.9. The molecule has 6 rings (SSSR count). The van der Waals surface area contributed by atoms with Gasteiger partial charge in [-0.3, -0.25) is 9.59 Å². The molecule has 3 aliphatic carbocycles. The second-order valence-corrected chi connectivity index (χ2v) is 11.0. The Bertz CT molecular complexity index is 1300. The Morgan fingerprint density at radius 2 is 1.63 bits per heavy atom. The van der Waals surface area contributed by atoms with Gasteiger partial charge in [0.15, 0.2) is 5.69 Å². The van der Waals surface area contributed by atoms with E-state index in [0.29, 0.717) is 36.4 Å². The summed E-state index contributed by atoms with van der Waals surface area (Å²) in [7, 11) is 0. The average molecular weight is 581 g/mol. The molecule has 3 saturated carbocycles. The minimum atomic E-state index is -2.61. The van der Waals surface area contributed by atoms with Gasteiger partial charge >= 0.3 is 0 Å². The van der Waals surface area contributed by atoms with Crippen molar-refractivity contribution in [1.82, 2.24) is 30.9 Å². The topological polar surface area (TPSA) is 126 Å². The van der Waals surface area contributed by atoms with E-state index in [0.717, 1.165) is 17.5 Å². The fraction of sp³-hybridized carbons (Fsp3) is 0.607. The predicted molar refractivity (Wildman–Crippen MR) is 142 cm³/mol. The van der Waals surface area contributed by atoms with E-state index in [9.17, 15) is 27.2 Å². The molecule has 0 unspecified atom stereocenters. The molecular formula is C28H36F4N6O3. The van der Waals surface area contributed by atoms with E-state index >= 15 is 0 Å². The summed E-state index contributed by atoms with van der Waals surface area (Å²) in [5, 5.41) is 12.6. The summed E-state index contributed by atoms with van der Waals surface area (Å²) in [5.74, 6) is -5.27. The maximum absolute atomic E-state index is 12.9. The molecule has 0 bridgehead atoms. The lowest BCUT2D eigenvalue weighted by Gasteiger charge is -2.34. The fourth-order valence-corrected chi connectivity index (χ4v) is 4.52. The largest absolute Gasteiger partial charge is 0.352 e. The van der Waals surface area contributed by atoms with Gasteiger partial charge in [-0.25, -0.2) is 27.2 Å². The lowest BCUT2D eigenvalue weighted by molar-refractivity contribution is -0.133. The van der Waals surface area contributed by atoms with Crippen molar-refractivity contribution in [2.24, 2.45) is 5.92 Å². The number of aromatic nitrogens is 4. The smallest absolute Gasteiger partial charge is 0.275 e. The summed E-state index contributed by atoms with van der Waals surface area (Å²) in [6.45, 7) is 2.08. The first-order valence-electron chi connectivity index (χ1n) is 14.1. The predicted octanol–water partition coefficient (Wildman–Crippen LogP) is 5.99. The van der Waals surface area contributed by atoms with Gasteiger partial charge in [-0.1, -0.05) is 36.9 Å². The minimum Gasteiger partial charge on any atom is -0.352 e. The summed E-state index contributed by atoms with van der Waals surface area (Å²) in [6.07, 6.45) is 6.85. The molecule has 224 valence electrons. The van der Waals surface area contributed by atoms with Crippen molar-refractivity contribution in [1.29, 1.82) is 0 Å². The number of hydrogen-bond donors (Lipinski definition) is 3. The van der Waals surface area contributed by atoms with E-state index in [4.69, 9.17) is 0 Å². The monoisotopic (exact) mass is 580 g/mol. The van der Waals surface area contributed by atoms with Crippen LogP contribution in [-0.2, 0) is 17.9 Å². The first-order chi connectivity index (χ1) is 19.5. The number of H-pyrrole nitrogens is 1. The van der Waals surface area contributed by atoms with Crippen molar-refractivity contribution in [3.05, 3.63) is 41.0 Å². The average Bonchev–Trinajstić information content (AvgIpc) is 3.64. The molecule has 13 heteroatoms. The molecule has 0 spiro atoms. The molecule has 3 fully saturated rings.